The number of unbranched alkanes of at least 4 members (excludes halogenated alkanes) is 1. The van der Waals surface area contributed by atoms with Crippen LogP contribution in [0.25, 0.3) is 86.9 Å². The van der Waals surface area contributed by atoms with Crippen LogP contribution in [0.4, 0.5) is 0 Å². The van der Waals surface area contributed by atoms with E-state index in [0.29, 0.717) is 5.46 Å². The third-order valence-corrected chi connectivity index (χ3v) is 11.0. The van der Waals surface area contributed by atoms with Gasteiger partial charge in [0.05, 0.1) is 0 Å². The Kier molecular flexibility index (Phi) is 12.6. The van der Waals surface area contributed by atoms with E-state index in [-0.39, 0.29) is 18.9 Å². The van der Waals surface area contributed by atoms with Crippen molar-refractivity contribution in [3.8, 4) is 22.3 Å². The second-order valence-corrected chi connectivity index (χ2v) is 15.1. The van der Waals surface area contributed by atoms with E-state index in [9.17, 15) is 10.0 Å². The molecule has 0 aliphatic heterocycles. The van der Waals surface area contributed by atoms with Gasteiger partial charge in [0.25, 0.3) is 0 Å². The molecule has 10 aromatic carbocycles. The van der Waals surface area contributed by atoms with Crippen LogP contribution in [0, 0.1) is 6.92 Å². The maximum absolute atomic E-state index is 9.39. The second-order valence-electron chi connectivity index (χ2n) is 14.1. The first-order valence-electron chi connectivity index (χ1n) is 19.1. The van der Waals surface area contributed by atoms with Gasteiger partial charge in [-0.2, -0.15) is 6.42 Å². The number of rotatable bonds is 4. The second kappa shape index (κ2) is 18.0. The van der Waals surface area contributed by atoms with Crippen molar-refractivity contribution in [1.29, 1.82) is 0 Å². The molecule has 0 fully saturated rings. The average Bonchev–Trinajstić information content (AvgIpc) is 3.25. The van der Waals surface area contributed by atoms with E-state index in [2.05, 4.69) is 188 Å². The van der Waals surface area contributed by atoms with Crippen molar-refractivity contribution in [3.63, 3.8) is 0 Å². The Labute approximate surface area is 355 Å². The van der Waals surface area contributed by atoms with Gasteiger partial charge >= 0.3 is 26.0 Å². The molecule has 0 aliphatic rings. The van der Waals surface area contributed by atoms with Crippen LogP contribution in [-0.4, -0.2) is 17.2 Å². The number of fused-ring (bicyclic) bond motifs is 8. The molecule has 0 unspecified atom stereocenters. The van der Waals surface area contributed by atoms with Gasteiger partial charge in [-0.1, -0.05) is 175 Å². The van der Waals surface area contributed by atoms with Crippen molar-refractivity contribution in [1.82, 2.24) is 0 Å². The van der Waals surface area contributed by atoms with Crippen LogP contribution < -0.4 is 24.3 Å². The summed E-state index contributed by atoms with van der Waals surface area (Å²) in [6.07, 6.45) is 2.28. The third-order valence-electron chi connectivity index (χ3n) is 10.5. The summed E-state index contributed by atoms with van der Waals surface area (Å²) in [7, 11) is -1.45. The summed E-state index contributed by atoms with van der Waals surface area (Å²) < 4.78 is 1.11. The normalized spacial score (nSPS) is 10.9. The van der Waals surface area contributed by atoms with Gasteiger partial charge in [-0.15, -0.1) is 0 Å². The summed E-state index contributed by atoms with van der Waals surface area (Å²) in [5, 5.41) is 33.6. The molecule has 0 bridgehead atoms. The number of benzene rings is 10. The predicted molar refractivity (Wildman–Crippen MR) is 247 cm³/mol. The molecule has 57 heavy (non-hydrogen) atoms. The van der Waals surface area contributed by atoms with Crippen LogP contribution in [0.5, 0.6) is 0 Å². The fraction of sp³-hybridized carbons (Fsp3) is 0.0577. The summed E-state index contributed by atoms with van der Waals surface area (Å²) in [4.78, 5) is 0. The smallest absolute Gasteiger partial charge is 0.423 e. The first-order chi connectivity index (χ1) is 27.4. The Morgan fingerprint density at radius 3 is 1.30 bits per heavy atom. The van der Waals surface area contributed by atoms with Crippen LogP contribution in [0.15, 0.2) is 186 Å². The van der Waals surface area contributed by atoms with Crippen molar-refractivity contribution in [2.45, 2.75) is 19.8 Å². The summed E-state index contributed by atoms with van der Waals surface area (Å²) in [6, 6.07) is 63.9. The molecule has 0 atom stereocenters. The van der Waals surface area contributed by atoms with Gasteiger partial charge in [-0.05, 0) is 129 Å². The average molecular weight is 796 g/mol. The van der Waals surface area contributed by atoms with Gasteiger partial charge < -0.3 is 17.0 Å². The molecule has 10 aromatic rings. The van der Waals surface area contributed by atoms with Crippen molar-refractivity contribution < 1.29 is 28.9 Å². The summed E-state index contributed by atoms with van der Waals surface area (Å²) >= 11 is 3.56. The first-order valence-corrected chi connectivity index (χ1v) is 19.9. The molecule has 0 saturated heterocycles. The van der Waals surface area contributed by atoms with E-state index in [1.807, 2.05) is 18.2 Å². The van der Waals surface area contributed by atoms with E-state index >= 15 is 0 Å². The molecule has 10 rings (SSSR count). The van der Waals surface area contributed by atoms with E-state index in [1.54, 1.807) is 6.07 Å². The third kappa shape index (κ3) is 8.44. The molecule has 0 aromatic heterocycles. The van der Waals surface area contributed by atoms with Crippen LogP contribution in [0.1, 0.15) is 19.8 Å². The maximum atomic E-state index is 9.39. The quantitative estimate of drug-likeness (QED) is 0.106. The SMILES string of the molecule is Brc1ccc2cc(-c3cc4ccccc4c4ccccc34)ccc2c1.OB(O)c1ccc2cc(-c3cc4ccccc4c4ccccc34)ccc2c1.[CH2-]CCC.[Li+]. The van der Waals surface area contributed by atoms with Crippen molar-refractivity contribution in [2.75, 3.05) is 0 Å². The zero-order chi connectivity index (χ0) is 38.6. The Balaban J connectivity index is 0.000000157. The van der Waals surface area contributed by atoms with Crippen molar-refractivity contribution in [2.24, 2.45) is 0 Å². The molecule has 0 heterocycles. The predicted octanol–water partition coefficient (Wildman–Crippen LogP) is 10.7. The molecule has 0 aliphatic carbocycles. The van der Waals surface area contributed by atoms with E-state index in [0.717, 1.165) is 27.2 Å². The minimum absolute atomic E-state index is 0. The van der Waals surface area contributed by atoms with E-state index in [1.165, 1.54) is 77.0 Å². The zero-order valence-corrected chi connectivity index (χ0v) is 33.9. The van der Waals surface area contributed by atoms with Gasteiger partial charge in [0.15, 0.2) is 0 Å². The van der Waals surface area contributed by atoms with E-state index < -0.39 is 7.12 Å². The monoisotopic (exact) mass is 794 g/mol. The molecule has 272 valence electrons. The first kappa shape index (κ1) is 40.0. The summed E-state index contributed by atoms with van der Waals surface area (Å²) in [5.41, 5.74) is 5.42. The molecule has 0 radical (unpaired) electrons. The standard InChI is InChI=1S/C24H17BO2.C24H15Br.C4H9.Li/c26-25(27)20-12-11-16-13-19(10-9-17(16)14-20)24-15-18-5-1-2-6-21(18)22-7-3-4-8-23(22)24;25-20-12-11-16-13-19(10-9-17(16)14-20)24-15-18-5-1-2-6-21(18)22-7-3-4-8-23(22)24;1-3-4-2;/h1-15,26-27H;1-15H;1,3-4H2,2H3;/q;;-1;+1. The largest absolute Gasteiger partial charge is 1.00 e. The van der Waals surface area contributed by atoms with Crippen LogP contribution in [0.2, 0.25) is 0 Å². The maximum Gasteiger partial charge on any atom is 1.00 e. The molecule has 2 nitrogen and oxygen atoms in total. The fourth-order valence-corrected chi connectivity index (χ4v) is 7.94. The number of hydrogen-bond acceptors (Lipinski definition) is 2. The Hall–Kier alpha value is -5.18. The minimum atomic E-state index is -1.45. The molecular formula is C52H41BBrLiO2. The van der Waals surface area contributed by atoms with E-state index in [4.69, 9.17) is 0 Å². The molecule has 0 amide bonds. The Morgan fingerprint density at radius 2 is 0.825 bits per heavy atom. The zero-order valence-electron chi connectivity index (χ0n) is 32.3. The van der Waals surface area contributed by atoms with Gasteiger partial charge in [0.2, 0.25) is 0 Å². The fourth-order valence-electron chi connectivity index (χ4n) is 7.56. The van der Waals surface area contributed by atoms with Crippen molar-refractivity contribution in [3.05, 3.63) is 193 Å². The van der Waals surface area contributed by atoms with Gasteiger partial charge in [-0.25, -0.2) is 0 Å². The van der Waals surface area contributed by atoms with Gasteiger partial charge in [0.1, 0.15) is 0 Å². The molecular weight excluding hydrogens is 754 g/mol. The van der Waals surface area contributed by atoms with Gasteiger partial charge in [0, 0.05) is 4.47 Å². The number of hydrogen-bond donors (Lipinski definition) is 2. The summed E-state index contributed by atoms with van der Waals surface area (Å²) in [6.45, 7) is 5.72. The Morgan fingerprint density at radius 1 is 0.439 bits per heavy atom. The molecule has 0 saturated carbocycles. The number of halogens is 1. The van der Waals surface area contributed by atoms with Crippen molar-refractivity contribution >= 4 is 93.1 Å². The van der Waals surface area contributed by atoms with Crippen LogP contribution >= 0.6 is 15.9 Å². The molecule has 5 heteroatoms. The van der Waals surface area contributed by atoms with Crippen LogP contribution in [-0.2, 0) is 0 Å². The molecule has 0 spiro atoms. The van der Waals surface area contributed by atoms with Crippen LogP contribution in [0.3, 0.4) is 0 Å². The summed E-state index contributed by atoms with van der Waals surface area (Å²) in [5.74, 6) is 0. The topological polar surface area (TPSA) is 40.5 Å². The van der Waals surface area contributed by atoms with Gasteiger partial charge in [-0.3, -0.25) is 0 Å². The molecule has 2 N–H and O–H groups in total. The minimum Gasteiger partial charge on any atom is -0.423 e. The Bertz CT molecular complexity index is 3010.